The van der Waals surface area contributed by atoms with Crippen LogP contribution in [0.2, 0.25) is 5.02 Å². The normalized spacial score (nSPS) is 14.9. The van der Waals surface area contributed by atoms with Gasteiger partial charge in [0.05, 0.1) is 18.4 Å². The van der Waals surface area contributed by atoms with Gasteiger partial charge in [0.1, 0.15) is 5.75 Å². The number of oxime groups is 1. The van der Waals surface area contributed by atoms with E-state index in [-0.39, 0.29) is 0 Å². The maximum atomic E-state index is 12.4. The van der Waals surface area contributed by atoms with Gasteiger partial charge in [0, 0.05) is 15.5 Å². The van der Waals surface area contributed by atoms with Gasteiger partial charge >= 0.3 is 5.97 Å². The number of benzene rings is 2. The zero-order valence-electron chi connectivity index (χ0n) is 14.0. The van der Waals surface area contributed by atoms with Crippen LogP contribution >= 0.6 is 23.4 Å². The lowest BCUT2D eigenvalue weighted by Gasteiger charge is -2.18. The van der Waals surface area contributed by atoms with E-state index in [2.05, 4.69) is 5.16 Å². The molecular weight excluding hydrogens is 358 g/mol. The maximum Gasteiger partial charge on any atom is 0.366 e. The van der Waals surface area contributed by atoms with Crippen LogP contribution in [0.4, 0.5) is 0 Å². The van der Waals surface area contributed by atoms with E-state index in [1.54, 1.807) is 25.3 Å². The number of rotatable bonds is 4. The highest BCUT2D eigenvalue weighted by molar-refractivity contribution is 7.98. The summed E-state index contributed by atoms with van der Waals surface area (Å²) in [6.45, 7) is 0. The Kier molecular flexibility index (Phi) is 5.66. The van der Waals surface area contributed by atoms with Gasteiger partial charge in [-0.2, -0.15) is 0 Å². The van der Waals surface area contributed by atoms with Gasteiger partial charge in [-0.15, -0.1) is 11.8 Å². The van der Waals surface area contributed by atoms with Crippen LogP contribution in [-0.4, -0.2) is 25.0 Å². The molecule has 3 rings (SSSR count). The summed E-state index contributed by atoms with van der Waals surface area (Å²) in [6.07, 6.45) is 4.60. The molecule has 0 saturated carbocycles. The molecule has 0 fully saturated rings. The Morgan fingerprint density at radius 3 is 2.80 bits per heavy atom. The predicted octanol–water partition coefficient (Wildman–Crippen LogP) is 4.97. The molecule has 1 aliphatic rings. The lowest BCUT2D eigenvalue weighted by atomic mass is 9.90. The van der Waals surface area contributed by atoms with Gasteiger partial charge in [0.2, 0.25) is 0 Å². The number of carbonyl (C=O) groups excluding carboxylic acids is 1. The van der Waals surface area contributed by atoms with Crippen molar-refractivity contribution in [3.8, 4) is 5.75 Å². The fourth-order valence-corrected chi connectivity index (χ4v) is 3.59. The van der Waals surface area contributed by atoms with E-state index >= 15 is 0 Å². The van der Waals surface area contributed by atoms with Crippen LogP contribution in [-0.2, 0) is 11.3 Å². The molecule has 0 amide bonds. The quantitative estimate of drug-likeness (QED) is 0.430. The van der Waals surface area contributed by atoms with Crippen molar-refractivity contribution in [3.63, 3.8) is 0 Å². The molecule has 2 aromatic carbocycles. The predicted molar refractivity (Wildman–Crippen MR) is 101 cm³/mol. The van der Waals surface area contributed by atoms with Crippen LogP contribution in [0.3, 0.4) is 0 Å². The molecular formula is C19H18ClNO3S. The summed E-state index contributed by atoms with van der Waals surface area (Å²) in [6, 6.07) is 11.0. The van der Waals surface area contributed by atoms with E-state index in [0.29, 0.717) is 10.6 Å². The van der Waals surface area contributed by atoms with Crippen molar-refractivity contribution in [1.82, 2.24) is 0 Å². The Bertz CT molecular complexity index is 835. The molecule has 0 aromatic heterocycles. The van der Waals surface area contributed by atoms with Crippen molar-refractivity contribution in [3.05, 3.63) is 58.1 Å². The highest BCUT2D eigenvalue weighted by Crippen LogP contribution is 2.27. The maximum absolute atomic E-state index is 12.4. The first-order valence-corrected chi connectivity index (χ1v) is 9.51. The summed E-state index contributed by atoms with van der Waals surface area (Å²) >= 11 is 7.46. The minimum absolute atomic E-state index is 0.426. The van der Waals surface area contributed by atoms with Crippen molar-refractivity contribution in [2.45, 2.75) is 24.2 Å². The van der Waals surface area contributed by atoms with Crippen LogP contribution in [0.5, 0.6) is 5.75 Å². The summed E-state index contributed by atoms with van der Waals surface area (Å²) in [4.78, 5) is 18.4. The average Bonchev–Trinajstić information content (AvgIpc) is 2.65. The molecule has 130 valence electrons. The number of fused-ring (bicyclic) bond motifs is 1. The first-order chi connectivity index (χ1) is 12.1. The number of carbonyl (C=O) groups is 1. The van der Waals surface area contributed by atoms with Crippen LogP contribution in [0.15, 0.2) is 46.4 Å². The number of hydrogen-bond acceptors (Lipinski definition) is 5. The molecule has 0 atom stereocenters. The number of nitrogens with zero attached hydrogens (tertiary/aromatic N) is 1. The fourth-order valence-electron chi connectivity index (χ4n) is 2.85. The molecule has 6 heteroatoms. The van der Waals surface area contributed by atoms with Gasteiger partial charge in [0.25, 0.3) is 0 Å². The van der Waals surface area contributed by atoms with Crippen molar-refractivity contribution >= 4 is 35.0 Å². The third-order valence-electron chi connectivity index (χ3n) is 4.10. The van der Waals surface area contributed by atoms with Gasteiger partial charge < -0.3 is 9.57 Å². The van der Waals surface area contributed by atoms with E-state index in [9.17, 15) is 4.79 Å². The largest absolute Gasteiger partial charge is 0.497 e. The Hall–Kier alpha value is -1.98. The zero-order chi connectivity index (χ0) is 17.8. The van der Waals surface area contributed by atoms with Crippen LogP contribution in [0.25, 0.3) is 0 Å². The Morgan fingerprint density at radius 2 is 2.04 bits per heavy atom. The zero-order valence-corrected chi connectivity index (χ0v) is 15.6. The third-order valence-corrected chi connectivity index (χ3v) is 5.13. The lowest BCUT2D eigenvalue weighted by Crippen LogP contribution is -2.14. The average molecular weight is 376 g/mol. The SMILES string of the molecule is COc1ccc2c(c1)CCC/C2=N\OC(=O)c1cc(Cl)ccc1SC. The van der Waals surface area contributed by atoms with Crippen LogP contribution in [0, 0.1) is 0 Å². The van der Waals surface area contributed by atoms with E-state index < -0.39 is 5.97 Å². The van der Waals surface area contributed by atoms with E-state index in [4.69, 9.17) is 21.2 Å². The van der Waals surface area contributed by atoms with Gasteiger partial charge in [0.15, 0.2) is 0 Å². The van der Waals surface area contributed by atoms with Crippen LogP contribution in [0.1, 0.15) is 34.3 Å². The molecule has 0 unspecified atom stereocenters. The Balaban J connectivity index is 1.84. The number of hydrogen-bond donors (Lipinski definition) is 0. The number of thioether (sulfide) groups is 1. The van der Waals surface area contributed by atoms with Crippen molar-refractivity contribution in [1.29, 1.82) is 0 Å². The van der Waals surface area contributed by atoms with Crippen molar-refractivity contribution < 1.29 is 14.4 Å². The summed E-state index contributed by atoms with van der Waals surface area (Å²) in [5.41, 5.74) is 3.38. The molecule has 0 aliphatic heterocycles. The summed E-state index contributed by atoms with van der Waals surface area (Å²) in [5, 5.41) is 4.63. The number of ether oxygens (including phenoxy) is 1. The first kappa shape index (κ1) is 17.8. The monoisotopic (exact) mass is 375 g/mol. The third kappa shape index (κ3) is 3.99. The van der Waals surface area contributed by atoms with Gasteiger partial charge in [-0.25, -0.2) is 4.79 Å². The molecule has 0 spiro atoms. The highest BCUT2D eigenvalue weighted by Gasteiger charge is 2.19. The second kappa shape index (κ2) is 7.93. The molecule has 0 saturated heterocycles. The second-order valence-electron chi connectivity index (χ2n) is 5.64. The topological polar surface area (TPSA) is 47.9 Å². The summed E-state index contributed by atoms with van der Waals surface area (Å²) in [5.74, 6) is 0.320. The molecule has 2 aromatic rings. The van der Waals surface area contributed by atoms with Crippen molar-refractivity contribution in [2.24, 2.45) is 5.16 Å². The van der Waals surface area contributed by atoms with Crippen molar-refractivity contribution in [2.75, 3.05) is 13.4 Å². The summed E-state index contributed by atoms with van der Waals surface area (Å²) < 4.78 is 5.27. The second-order valence-corrected chi connectivity index (χ2v) is 6.92. The van der Waals surface area contributed by atoms with E-state index in [0.717, 1.165) is 46.7 Å². The lowest BCUT2D eigenvalue weighted by molar-refractivity contribution is 0.0511. The Morgan fingerprint density at radius 1 is 1.20 bits per heavy atom. The summed E-state index contributed by atoms with van der Waals surface area (Å²) in [7, 11) is 1.65. The smallest absolute Gasteiger partial charge is 0.366 e. The van der Waals surface area contributed by atoms with Gasteiger partial charge in [-0.05, 0) is 67.5 Å². The molecule has 0 bridgehead atoms. The van der Waals surface area contributed by atoms with Gasteiger partial charge in [-0.3, -0.25) is 0 Å². The van der Waals surface area contributed by atoms with E-state index in [1.165, 1.54) is 11.8 Å². The first-order valence-electron chi connectivity index (χ1n) is 7.91. The van der Waals surface area contributed by atoms with Gasteiger partial charge in [-0.1, -0.05) is 16.8 Å². The molecule has 25 heavy (non-hydrogen) atoms. The molecule has 0 N–H and O–H groups in total. The minimum Gasteiger partial charge on any atom is -0.497 e. The number of methoxy groups -OCH3 is 1. The molecule has 0 radical (unpaired) electrons. The molecule has 1 aliphatic carbocycles. The van der Waals surface area contributed by atoms with Crippen LogP contribution < -0.4 is 4.74 Å². The van der Waals surface area contributed by atoms with E-state index in [1.807, 2.05) is 24.5 Å². The molecule has 0 heterocycles. The Labute approximate surface area is 156 Å². The number of halogens is 1. The highest BCUT2D eigenvalue weighted by atomic mass is 35.5. The minimum atomic E-state index is -0.500. The molecule has 4 nitrogen and oxygen atoms in total. The number of aryl methyl sites for hydroxylation is 1. The fraction of sp³-hybridized carbons (Fsp3) is 0.263. The standard InChI is InChI=1S/C19H18ClNO3S/c1-23-14-7-8-15-12(10-14)4-3-5-17(15)21-24-19(22)16-11-13(20)6-9-18(16)25-2/h6-11H,3-5H2,1-2H3/b21-17+.